The fourth-order valence-corrected chi connectivity index (χ4v) is 1.83. The zero-order valence-corrected chi connectivity index (χ0v) is 10.5. The fraction of sp³-hybridized carbons (Fsp3) is 0.0667. The van der Waals surface area contributed by atoms with Crippen molar-refractivity contribution >= 4 is 16.7 Å². The molecule has 1 aromatic heterocycles. The van der Waals surface area contributed by atoms with Crippen LogP contribution in [0.1, 0.15) is 5.56 Å². The quantitative estimate of drug-likeness (QED) is 0.710. The molecule has 0 aliphatic carbocycles. The van der Waals surface area contributed by atoms with Gasteiger partial charge in [0.25, 0.3) is 0 Å². The Morgan fingerprint density at radius 3 is 2.68 bits per heavy atom. The van der Waals surface area contributed by atoms with Crippen LogP contribution >= 0.6 is 0 Å². The third kappa shape index (κ3) is 2.33. The van der Waals surface area contributed by atoms with Gasteiger partial charge in [-0.15, -0.1) is 0 Å². The molecule has 0 atom stereocenters. The van der Waals surface area contributed by atoms with Crippen molar-refractivity contribution in [1.82, 2.24) is 9.97 Å². The first-order valence-corrected chi connectivity index (χ1v) is 5.98. The molecule has 0 fully saturated rings. The van der Waals surface area contributed by atoms with E-state index in [1.165, 1.54) is 0 Å². The maximum Gasteiger partial charge on any atom is 0.238 e. The number of anilines is 1. The van der Waals surface area contributed by atoms with Crippen molar-refractivity contribution in [3.8, 4) is 11.6 Å². The standard InChI is InChI=1S/C15H13N3O/c1-10-6-7-11(16)14(8-10)19-15-9-17-12-4-2-3-5-13(12)18-15/h2-9H,16H2,1H3. The Balaban J connectivity index is 1.98. The van der Waals surface area contributed by atoms with Crippen LogP contribution in [-0.2, 0) is 0 Å². The van der Waals surface area contributed by atoms with Gasteiger partial charge in [-0.05, 0) is 36.8 Å². The maximum absolute atomic E-state index is 5.88. The number of ether oxygens (including phenoxy) is 1. The van der Waals surface area contributed by atoms with Crippen molar-refractivity contribution in [3.63, 3.8) is 0 Å². The molecule has 1 heterocycles. The van der Waals surface area contributed by atoms with Gasteiger partial charge in [-0.3, -0.25) is 0 Å². The predicted octanol–water partition coefficient (Wildman–Crippen LogP) is 3.31. The zero-order chi connectivity index (χ0) is 13.2. The summed E-state index contributed by atoms with van der Waals surface area (Å²) in [6, 6.07) is 13.3. The van der Waals surface area contributed by atoms with Crippen LogP contribution in [0.25, 0.3) is 11.0 Å². The number of benzene rings is 2. The number of rotatable bonds is 2. The average molecular weight is 251 g/mol. The lowest BCUT2D eigenvalue weighted by atomic mass is 10.2. The molecule has 0 unspecified atom stereocenters. The van der Waals surface area contributed by atoms with E-state index in [4.69, 9.17) is 10.5 Å². The van der Waals surface area contributed by atoms with Crippen molar-refractivity contribution in [1.29, 1.82) is 0 Å². The minimum Gasteiger partial charge on any atom is -0.435 e. The average Bonchev–Trinajstić information content (AvgIpc) is 2.43. The van der Waals surface area contributed by atoms with E-state index in [2.05, 4.69) is 9.97 Å². The molecule has 19 heavy (non-hydrogen) atoms. The Morgan fingerprint density at radius 1 is 1.05 bits per heavy atom. The first kappa shape index (κ1) is 11.5. The van der Waals surface area contributed by atoms with Gasteiger partial charge in [0.2, 0.25) is 5.88 Å². The molecule has 2 aromatic carbocycles. The number of aromatic nitrogens is 2. The van der Waals surface area contributed by atoms with Crippen LogP contribution in [-0.4, -0.2) is 9.97 Å². The van der Waals surface area contributed by atoms with E-state index in [0.717, 1.165) is 16.6 Å². The number of aryl methyl sites for hydroxylation is 1. The van der Waals surface area contributed by atoms with Crippen LogP contribution in [0.15, 0.2) is 48.7 Å². The molecule has 0 saturated heterocycles. The Morgan fingerprint density at radius 2 is 1.84 bits per heavy atom. The van der Waals surface area contributed by atoms with Gasteiger partial charge in [0.1, 0.15) is 0 Å². The summed E-state index contributed by atoms with van der Waals surface area (Å²) in [6.07, 6.45) is 1.60. The van der Waals surface area contributed by atoms with E-state index in [-0.39, 0.29) is 0 Å². The maximum atomic E-state index is 5.88. The minimum atomic E-state index is 0.441. The Hall–Kier alpha value is -2.62. The molecule has 0 amide bonds. The minimum absolute atomic E-state index is 0.441. The summed E-state index contributed by atoms with van der Waals surface area (Å²) in [5.41, 5.74) is 9.18. The monoisotopic (exact) mass is 251 g/mol. The molecule has 4 heteroatoms. The highest BCUT2D eigenvalue weighted by Crippen LogP contribution is 2.27. The van der Waals surface area contributed by atoms with E-state index >= 15 is 0 Å². The number of para-hydroxylation sites is 2. The number of hydrogen-bond acceptors (Lipinski definition) is 4. The van der Waals surface area contributed by atoms with Crippen molar-refractivity contribution in [3.05, 3.63) is 54.2 Å². The van der Waals surface area contributed by atoms with Crippen LogP contribution in [0.5, 0.6) is 11.6 Å². The number of nitrogens with zero attached hydrogens (tertiary/aromatic N) is 2. The Kier molecular flexibility index (Phi) is 2.76. The third-order valence-electron chi connectivity index (χ3n) is 2.81. The van der Waals surface area contributed by atoms with Crippen molar-refractivity contribution < 1.29 is 4.74 Å². The second-order valence-corrected chi connectivity index (χ2v) is 4.34. The molecule has 3 aromatic rings. The molecule has 0 bridgehead atoms. The van der Waals surface area contributed by atoms with E-state index in [1.54, 1.807) is 6.20 Å². The van der Waals surface area contributed by atoms with Gasteiger partial charge in [-0.2, -0.15) is 0 Å². The van der Waals surface area contributed by atoms with Crippen LogP contribution in [0.3, 0.4) is 0 Å². The molecule has 0 spiro atoms. The second-order valence-electron chi connectivity index (χ2n) is 4.34. The van der Waals surface area contributed by atoms with Crippen molar-refractivity contribution in [2.75, 3.05) is 5.73 Å². The van der Waals surface area contributed by atoms with Crippen LogP contribution in [0, 0.1) is 6.92 Å². The SMILES string of the molecule is Cc1ccc(N)c(Oc2cnc3ccccc3n2)c1. The fourth-order valence-electron chi connectivity index (χ4n) is 1.83. The first-order valence-electron chi connectivity index (χ1n) is 5.98. The zero-order valence-electron chi connectivity index (χ0n) is 10.5. The largest absolute Gasteiger partial charge is 0.435 e. The summed E-state index contributed by atoms with van der Waals surface area (Å²) in [4.78, 5) is 8.70. The smallest absolute Gasteiger partial charge is 0.238 e. The van der Waals surface area contributed by atoms with Gasteiger partial charge in [0.15, 0.2) is 5.75 Å². The molecule has 94 valence electrons. The lowest BCUT2D eigenvalue weighted by Crippen LogP contribution is -1.95. The van der Waals surface area contributed by atoms with Gasteiger partial charge in [-0.25, -0.2) is 9.97 Å². The summed E-state index contributed by atoms with van der Waals surface area (Å²) in [5.74, 6) is 1.04. The highest BCUT2D eigenvalue weighted by atomic mass is 16.5. The molecular formula is C15H13N3O. The van der Waals surface area contributed by atoms with Gasteiger partial charge >= 0.3 is 0 Å². The second kappa shape index (κ2) is 4.57. The molecular weight excluding hydrogens is 238 g/mol. The van der Waals surface area contributed by atoms with Gasteiger partial charge in [0, 0.05) is 0 Å². The molecule has 0 aliphatic rings. The summed E-state index contributed by atoms with van der Waals surface area (Å²) in [6.45, 7) is 1.98. The lowest BCUT2D eigenvalue weighted by molar-refractivity contribution is 0.464. The van der Waals surface area contributed by atoms with Crippen LogP contribution in [0.4, 0.5) is 5.69 Å². The summed E-state index contributed by atoms with van der Waals surface area (Å²) in [7, 11) is 0. The Labute approximate surface area is 110 Å². The number of nitrogens with two attached hydrogens (primary N) is 1. The third-order valence-corrected chi connectivity index (χ3v) is 2.81. The number of hydrogen-bond donors (Lipinski definition) is 1. The van der Waals surface area contributed by atoms with Crippen molar-refractivity contribution in [2.45, 2.75) is 6.92 Å². The number of fused-ring (bicyclic) bond motifs is 1. The predicted molar refractivity (Wildman–Crippen MR) is 75.2 cm³/mol. The normalized spacial score (nSPS) is 10.6. The van der Waals surface area contributed by atoms with Gasteiger partial charge in [0.05, 0.1) is 22.9 Å². The summed E-state index contributed by atoms with van der Waals surface area (Å²) < 4.78 is 5.70. The first-order chi connectivity index (χ1) is 9.22. The highest BCUT2D eigenvalue weighted by molar-refractivity contribution is 5.74. The van der Waals surface area contributed by atoms with E-state index in [9.17, 15) is 0 Å². The molecule has 0 radical (unpaired) electrons. The van der Waals surface area contributed by atoms with Crippen LogP contribution < -0.4 is 10.5 Å². The van der Waals surface area contributed by atoms with E-state index in [0.29, 0.717) is 17.3 Å². The Bertz CT molecular complexity index is 740. The number of nitrogen functional groups attached to an aromatic ring is 1. The molecule has 4 nitrogen and oxygen atoms in total. The molecule has 0 saturated carbocycles. The highest BCUT2D eigenvalue weighted by Gasteiger charge is 2.05. The summed E-state index contributed by atoms with van der Waals surface area (Å²) in [5, 5.41) is 0. The van der Waals surface area contributed by atoms with Crippen molar-refractivity contribution in [2.24, 2.45) is 0 Å². The topological polar surface area (TPSA) is 61.0 Å². The van der Waals surface area contributed by atoms with Gasteiger partial charge < -0.3 is 10.5 Å². The molecule has 2 N–H and O–H groups in total. The van der Waals surface area contributed by atoms with Crippen LogP contribution in [0.2, 0.25) is 0 Å². The summed E-state index contributed by atoms with van der Waals surface area (Å²) >= 11 is 0. The van der Waals surface area contributed by atoms with E-state index < -0.39 is 0 Å². The lowest BCUT2D eigenvalue weighted by Gasteiger charge is -2.08. The van der Waals surface area contributed by atoms with E-state index in [1.807, 2.05) is 49.4 Å². The molecule has 0 aliphatic heterocycles. The molecule has 3 rings (SSSR count). The van der Waals surface area contributed by atoms with Gasteiger partial charge in [-0.1, -0.05) is 18.2 Å².